The highest BCUT2D eigenvalue weighted by molar-refractivity contribution is 6.29. The van der Waals surface area contributed by atoms with Crippen LogP contribution in [-0.2, 0) is 6.42 Å². The highest BCUT2D eigenvalue weighted by Crippen LogP contribution is 2.23. The normalized spacial score (nSPS) is 10.6. The van der Waals surface area contributed by atoms with Crippen molar-refractivity contribution < 1.29 is 4.39 Å². The van der Waals surface area contributed by atoms with Gasteiger partial charge in [-0.25, -0.2) is 14.4 Å². The van der Waals surface area contributed by atoms with Crippen molar-refractivity contribution in [3.8, 4) is 11.4 Å². The molecule has 0 saturated carbocycles. The van der Waals surface area contributed by atoms with E-state index in [9.17, 15) is 4.39 Å². The minimum atomic E-state index is -0.567. The minimum absolute atomic E-state index is 0.147. The van der Waals surface area contributed by atoms with Crippen LogP contribution < -0.4 is 0 Å². The fraction of sp³-hybridized carbons (Fsp3) is 0.250. The number of hydrogen-bond acceptors (Lipinski definition) is 3. The Morgan fingerprint density at radius 2 is 2.12 bits per heavy atom. The first kappa shape index (κ1) is 11.9. The minimum Gasteiger partial charge on any atom is -0.264 e. The molecule has 0 aliphatic carbocycles. The molecule has 0 aliphatic heterocycles. The third-order valence-corrected chi connectivity index (χ3v) is 2.75. The van der Waals surface area contributed by atoms with Crippen LogP contribution in [0.25, 0.3) is 11.4 Å². The highest BCUT2D eigenvalue weighted by atomic mass is 35.5. The molecule has 0 bridgehead atoms. The van der Waals surface area contributed by atoms with Crippen molar-refractivity contribution in [2.75, 3.05) is 0 Å². The van der Waals surface area contributed by atoms with Crippen LogP contribution in [0, 0.1) is 12.7 Å². The van der Waals surface area contributed by atoms with Crippen LogP contribution in [0.15, 0.2) is 18.5 Å². The Bertz CT molecular complexity index is 534. The highest BCUT2D eigenvalue weighted by Gasteiger charge is 2.12. The van der Waals surface area contributed by atoms with E-state index < -0.39 is 5.82 Å². The van der Waals surface area contributed by atoms with Gasteiger partial charge in [-0.05, 0) is 25.0 Å². The summed E-state index contributed by atoms with van der Waals surface area (Å²) in [5.41, 5.74) is 2.10. The first-order valence-electron chi connectivity index (χ1n) is 5.26. The van der Waals surface area contributed by atoms with Crippen LogP contribution in [0.1, 0.15) is 18.2 Å². The Balaban J connectivity index is 2.61. The zero-order valence-corrected chi connectivity index (χ0v) is 10.3. The number of rotatable bonds is 2. The summed E-state index contributed by atoms with van der Waals surface area (Å²) in [6, 6.07) is 1.81. The topological polar surface area (TPSA) is 38.7 Å². The quantitative estimate of drug-likeness (QED) is 0.770. The molecule has 0 aliphatic rings. The molecule has 0 atom stereocenters. The van der Waals surface area contributed by atoms with Gasteiger partial charge in [0.25, 0.3) is 0 Å². The number of pyridine rings is 1. The fourth-order valence-corrected chi connectivity index (χ4v) is 1.79. The number of aryl methyl sites for hydroxylation is 2. The molecule has 0 spiro atoms. The standard InChI is InChI=1S/C12H11ClFN3/c1-3-8-6-15-5-4-9(8)12-16-7(2)10(14)11(13)17-12/h4-6H,3H2,1-2H3. The molecule has 2 aromatic heterocycles. The third kappa shape index (κ3) is 2.26. The maximum Gasteiger partial charge on any atom is 0.181 e. The van der Waals surface area contributed by atoms with Crippen LogP contribution in [0.4, 0.5) is 4.39 Å². The molecule has 0 N–H and O–H groups in total. The molecule has 0 unspecified atom stereocenters. The van der Waals surface area contributed by atoms with Crippen LogP contribution in [0.2, 0.25) is 5.15 Å². The SMILES string of the molecule is CCc1cnccc1-c1nc(C)c(F)c(Cl)n1. The van der Waals surface area contributed by atoms with E-state index in [4.69, 9.17) is 11.6 Å². The molecule has 0 amide bonds. The van der Waals surface area contributed by atoms with Gasteiger partial charge in [0, 0.05) is 18.0 Å². The summed E-state index contributed by atoms with van der Waals surface area (Å²) in [6.07, 6.45) is 4.22. The van der Waals surface area contributed by atoms with E-state index in [1.54, 1.807) is 19.3 Å². The largest absolute Gasteiger partial charge is 0.264 e. The van der Waals surface area contributed by atoms with Gasteiger partial charge in [-0.3, -0.25) is 4.98 Å². The molecule has 2 rings (SSSR count). The van der Waals surface area contributed by atoms with Crippen molar-refractivity contribution in [2.24, 2.45) is 0 Å². The van der Waals surface area contributed by atoms with Crippen LogP contribution >= 0.6 is 11.6 Å². The van der Waals surface area contributed by atoms with E-state index in [0.29, 0.717) is 5.82 Å². The summed E-state index contributed by atoms with van der Waals surface area (Å²) < 4.78 is 13.3. The summed E-state index contributed by atoms with van der Waals surface area (Å²) in [7, 11) is 0. The summed E-state index contributed by atoms with van der Waals surface area (Å²) >= 11 is 5.72. The second-order valence-electron chi connectivity index (χ2n) is 3.62. The Morgan fingerprint density at radius 3 is 2.76 bits per heavy atom. The number of nitrogens with zero attached hydrogens (tertiary/aromatic N) is 3. The van der Waals surface area contributed by atoms with Gasteiger partial charge in [-0.15, -0.1) is 0 Å². The third-order valence-electron chi connectivity index (χ3n) is 2.50. The molecule has 0 saturated heterocycles. The van der Waals surface area contributed by atoms with Gasteiger partial charge in [-0.1, -0.05) is 18.5 Å². The molecule has 3 nitrogen and oxygen atoms in total. The second-order valence-corrected chi connectivity index (χ2v) is 3.98. The van der Waals surface area contributed by atoms with E-state index in [-0.39, 0.29) is 10.8 Å². The van der Waals surface area contributed by atoms with E-state index in [1.807, 2.05) is 13.0 Å². The summed E-state index contributed by atoms with van der Waals surface area (Å²) in [5, 5.41) is -0.147. The maximum atomic E-state index is 13.3. The molecule has 17 heavy (non-hydrogen) atoms. The molecule has 2 aromatic rings. The summed E-state index contributed by atoms with van der Waals surface area (Å²) in [5.74, 6) is -0.129. The lowest BCUT2D eigenvalue weighted by Crippen LogP contribution is -1.99. The molecule has 2 heterocycles. The molecule has 0 radical (unpaired) electrons. The van der Waals surface area contributed by atoms with E-state index >= 15 is 0 Å². The zero-order valence-electron chi connectivity index (χ0n) is 9.54. The molecule has 5 heteroatoms. The predicted molar refractivity (Wildman–Crippen MR) is 64.3 cm³/mol. The van der Waals surface area contributed by atoms with Gasteiger partial charge >= 0.3 is 0 Å². The van der Waals surface area contributed by atoms with Crippen molar-refractivity contribution >= 4 is 11.6 Å². The average Bonchev–Trinajstić information content (AvgIpc) is 2.35. The van der Waals surface area contributed by atoms with Gasteiger partial charge in [0.1, 0.15) is 0 Å². The summed E-state index contributed by atoms with van der Waals surface area (Å²) in [6.45, 7) is 3.58. The predicted octanol–water partition coefficient (Wildman–Crippen LogP) is 3.20. The van der Waals surface area contributed by atoms with Gasteiger partial charge < -0.3 is 0 Å². The van der Waals surface area contributed by atoms with Crippen LogP contribution in [-0.4, -0.2) is 15.0 Å². The number of aromatic nitrogens is 3. The van der Waals surface area contributed by atoms with Gasteiger partial charge in [0.05, 0.1) is 5.69 Å². The lowest BCUT2D eigenvalue weighted by molar-refractivity contribution is 0.603. The van der Waals surface area contributed by atoms with Gasteiger partial charge in [-0.2, -0.15) is 0 Å². The molecular formula is C12H11ClFN3. The lowest BCUT2D eigenvalue weighted by Gasteiger charge is -2.07. The first-order chi connectivity index (χ1) is 8.13. The molecular weight excluding hydrogens is 241 g/mol. The zero-order chi connectivity index (χ0) is 12.4. The summed E-state index contributed by atoms with van der Waals surface area (Å²) in [4.78, 5) is 12.1. The Labute approximate surface area is 104 Å². The van der Waals surface area contributed by atoms with Gasteiger partial charge in [0.15, 0.2) is 16.8 Å². The molecule has 0 aromatic carbocycles. The van der Waals surface area contributed by atoms with E-state index in [0.717, 1.165) is 17.5 Å². The second kappa shape index (κ2) is 4.75. The van der Waals surface area contributed by atoms with Gasteiger partial charge in [0.2, 0.25) is 0 Å². The lowest BCUT2D eigenvalue weighted by atomic mass is 10.1. The van der Waals surface area contributed by atoms with Crippen molar-refractivity contribution in [2.45, 2.75) is 20.3 Å². The Kier molecular flexibility index (Phi) is 3.33. The smallest absolute Gasteiger partial charge is 0.181 e. The van der Waals surface area contributed by atoms with Crippen LogP contribution in [0.3, 0.4) is 0 Å². The van der Waals surface area contributed by atoms with Crippen molar-refractivity contribution in [3.63, 3.8) is 0 Å². The maximum absolute atomic E-state index is 13.3. The average molecular weight is 252 g/mol. The molecule has 88 valence electrons. The van der Waals surface area contributed by atoms with Crippen LogP contribution in [0.5, 0.6) is 0 Å². The van der Waals surface area contributed by atoms with E-state index in [1.165, 1.54) is 0 Å². The number of hydrogen-bond donors (Lipinski definition) is 0. The fourth-order valence-electron chi connectivity index (χ4n) is 1.57. The molecule has 0 fully saturated rings. The van der Waals surface area contributed by atoms with Crippen molar-refractivity contribution in [1.82, 2.24) is 15.0 Å². The van der Waals surface area contributed by atoms with Crippen molar-refractivity contribution in [3.05, 3.63) is 40.7 Å². The number of halogens is 2. The Morgan fingerprint density at radius 1 is 1.35 bits per heavy atom. The monoisotopic (exact) mass is 251 g/mol. The van der Waals surface area contributed by atoms with E-state index in [2.05, 4.69) is 15.0 Å². The first-order valence-corrected chi connectivity index (χ1v) is 5.64. The Hall–Kier alpha value is -1.55. The van der Waals surface area contributed by atoms with Crippen molar-refractivity contribution in [1.29, 1.82) is 0 Å².